The summed E-state index contributed by atoms with van der Waals surface area (Å²) in [5, 5.41) is 3.21. The van der Waals surface area contributed by atoms with E-state index in [9.17, 15) is 9.18 Å². The first kappa shape index (κ1) is 14.8. The number of fused-ring (bicyclic) bond motifs is 2. The van der Waals surface area contributed by atoms with E-state index in [2.05, 4.69) is 15.3 Å². The fourth-order valence-corrected chi connectivity index (χ4v) is 3.53. The van der Waals surface area contributed by atoms with Crippen LogP contribution in [0.3, 0.4) is 0 Å². The molecule has 24 heavy (non-hydrogen) atoms. The van der Waals surface area contributed by atoms with E-state index in [1.54, 1.807) is 12.1 Å². The van der Waals surface area contributed by atoms with Gasteiger partial charge in [0, 0.05) is 23.7 Å². The second-order valence-corrected chi connectivity index (χ2v) is 6.58. The number of rotatable bonds is 2. The summed E-state index contributed by atoms with van der Waals surface area (Å²) in [6.45, 7) is 3.86. The van der Waals surface area contributed by atoms with Crippen molar-refractivity contribution >= 4 is 38.2 Å². The van der Waals surface area contributed by atoms with E-state index in [4.69, 9.17) is 0 Å². The average Bonchev–Trinajstić information content (AvgIpc) is 3.10. The predicted molar refractivity (Wildman–Crippen MR) is 92.2 cm³/mol. The van der Waals surface area contributed by atoms with Crippen molar-refractivity contribution < 1.29 is 9.18 Å². The first-order chi connectivity index (χ1) is 11.5. The number of nitrogens with zero attached hydrogens (tertiary/aromatic N) is 3. The number of hydrogen-bond acceptors (Lipinski definition) is 4. The number of nitrogens with one attached hydrogen (secondary N) is 1. The van der Waals surface area contributed by atoms with Crippen LogP contribution >= 0.6 is 11.3 Å². The van der Waals surface area contributed by atoms with Crippen LogP contribution in [0.25, 0.3) is 15.9 Å². The maximum atomic E-state index is 13.2. The van der Waals surface area contributed by atoms with E-state index in [-0.39, 0.29) is 11.7 Å². The molecule has 0 saturated carbocycles. The van der Waals surface area contributed by atoms with Gasteiger partial charge in [-0.1, -0.05) is 11.3 Å². The normalized spacial score (nSPS) is 11.3. The van der Waals surface area contributed by atoms with Gasteiger partial charge in [0.15, 0.2) is 5.13 Å². The molecule has 0 unspecified atom stereocenters. The first-order valence-corrected chi connectivity index (χ1v) is 8.16. The molecule has 5 nitrogen and oxygen atoms in total. The fourth-order valence-electron chi connectivity index (χ4n) is 2.69. The van der Waals surface area contributed by atoms with Crippen molar-refractivity contribution in [1.82, 2.24) is 14.4 Å². The van der Waals surface area contributed by atoms with Crippen LogP contribution in [0.4, 0.5) is 9.52 Å². The number of carbonyl (C=O) groups excluding carboxylic acids is 1. The fraction of sp³-hybridized carbons (Fsp3) is 0.118. The monoisotopic (exact) mass is 340 g/mol. The highest BCUT2D eigenvalue weighted by molar-refractivity contribution is 7.22. The van der Waals surface area contributed by atoms with Crippen LogP contribution in [0.2, 0.25) is 0 Å². The van der Waals surface area contributed by atoms with Gasteiger partial charge >= 0.3 is 0 Å². The zero-order chi connectivity index (χ0) is 16.8. The predicted octanol–water partition coefficient (Wildman–Crippen LogP) is 3.95. The number of hydrogen-bond donors (Lipinski definition) is 1. The lowest BCUT2D eigenvalue weighted by atomic mass is 10.3. The van der Waals surface area contributed by atoms with Gasteiger partial charge in [-0.2, -0.15) is 0 Å². The summed E-state index contributed by atoms with van der Waals surface area (Å²) in [6, 6.07) is 8.07. The van der Waals surface area contributed by atoms with E-state index in [0.29, 0.717) is 21.9 Å². The summed E-state index contributed by atoms with van der Waals surface area (Å²) in [6.07, 6.45) is 1.82. The Morgan fingerprint density at radius 2 is 2.04 bits per heavy atom. The Balaban J connectivity index is 1.70. The molecule has 1 aromatic carbocycles. The molecule has 0 aliphatic rings. The van der Waals surface area contributed by atoms with E-state index >= 15 is 0 Å². The molecule has 0 aliphatic carbocycles. The number of halogens is 1. The van der Waals surface area contributed by atoms with Crippen molar-refractivity contribution in [2.75, 3.05) is 5.32 Å². The Bertz CT molecular complexity index is 1100. The van der Waals surface area contributed by atoms with Crippen LogP contribution in [0, 0.1) is 19.7 Å². The summed E-state index contributed by atoms with van der Waals surface area (Å²) in [7, 11) is 0. The van der Waals surface area contributed by atoms with Crippen molar-refractivity contribution in [3.63, 3.8) is 0 Å². The first-order valence-electron chi connectivity index (χ1n) is 7.34. The number of carbonyl (C=O) groups is 1. The van der Waals surface area contributed by atoms with Crippen molar-refractivity contribution in [3.05, 3.63) is 59.3 Å². The minimum absolute atomic E-state index is 0.283. The topological polar surface area (TPSA) is 59.3 Å². The van der Waals surface area contributed by atoms with Crippen LogP contribution in [-0.4, -0.2) is 20.3 Å². The molecular weight excluding hydrogens is 327 g/mol. The van der Waals surface area contributed by atoms with Gasteiger partial charge in [-0.25, -0.2) is 14.4 Å². The molecule has 0 fully saturated rings. The molecule has 0 spiro atoms. The summed E-state index contributed by atoms with van der Waals surface area (Å²) in [5.41, 5.74) is 3.47. The third kappa shape index (κ3) is 2.43. The van der Waals surface area contributed by atoms with Gasteiger partial charge in [0.2, 0.25) is 0 Å². The molecule has 3 aromatic heterocycles. The zero-order valence-electron chi connectivity index (χ0n) is 13.0. The largest absolute Gasteiger partial charge is 0.305 e. The number of benzene rings is 1. The van der Waals surface area contributed by atoms with Crippen LogP contribution < -0.4 is 5.32 Å². The molecule has 4 rings (SSSR count). The van der Waals surface area contributed by atoms with Crippen LogP contribution in [0.1, 0.15) is 21.7 Å². The third-order valence-corrected chi connectivity index (χ3v) is 4.71. The third-order valence-electron chi connectivity index (χ3n) is 3.75. The molecule has 0 radical (unpaired) electrons. The standard InChI is InChI=1S/C17H13FN4OS/c1-9-7-10(2)22-6-5-12(15(22)19-9)16(23)21-17-20-13-8-11(18)3-4-14(13)24-17/h3-8H,1-2H3,(H,20,21,23). The molecule has 0 aliphatic heterocycles. The molecule has 0 atom stereocenters. The van der Waals surface area contributed by atoms with Crippen molar-refractivity contribution in [2.45, 2.75) is 13.8 Å². The Hall–Kier alpha value is -2.80. The van der Waals surface area contributed by atoms with Gasteiger partial charge in [0.25, 0.3) is 5.91 Å². The molecule has 0 saturated heterocycles. The zero-order valence-corrected chi connectivity index (χ0v) is 13.8. The van der Waals surface area contributed by atoms with Gasteiger partial charge in [-0.15, -0.1) is 0 Å². The molecular formula is C17H13FN4OS. The van der Waals surface area contributed by atoms with E-state index in [0.717, 1.165) is 16.1 Å². The maximum Gasteiger partial charge on any atom is 0.261 e. The second-order valence-electron chi connectivity index (χ2n) is 5.55. The van der Waals surface area contributed by atoms with E-state index in [1.807, 2.05) is 30.5 Å². The molecule has 4 aromatic rings. The number of thiazole rings is 1. The maximum absolute atomic E-state index is 13.2. The highest BCUT2D eigenvalue weighted by atomic mass is 32.1. The van der Waals surface area contributed by atoms with Crippen LogP contribution in [0.5, 0.6) is 0 Å². The Kier molecular flexibility index (Phi) is 3.31. The molecule has 1 amide bonds. The lowest BCUT2D eigenvalue weighted by Crippen LogP contribution is -2.12. The molecule has 0 bridgehead atoms. The minimum atomic E-state index is -0.348. The number of aromatic nitrogens is 3. The number of amides is 1. The van der Waals surface area contributed by atoms with Crippen LogP contribution in [0.15, 0.2) is 36.5 Å². The molecule has 3 heterocycles. The lowest BCUT2D eigenvalue weighted by Gasteiger charge is -2.04. The molecule has 1 N–H and O–H groups in total. The highest BCUT2D eigenvalue weighted by Gasteiger charge is 2.16. The summed E-state index contributed by atoms with van der Waals surface area (Å²) < 4.78 is 15.9. The van der Waals surface area contributed by atoms with Gasteiger partial charge in [0.05, 0.1) is 15.8 Å². The van der Waals surface area contributed by atoms with Gasteiger partial charge in [-0.3, -0.25) is 10.1 Å². The Morgan fingerprint density at radius 1 is 1.21 bits per heavy atom. The van der Waals surface area contributed by atoms with Crippen molar-refractivity contribution in [1.29, 1.82) is 0 Å². The Labute approximate surface area is 140 Å². The summed E-state index contributed by atoms with van der Waals surface area (Å²) >= 11 is 1.31. The Morgan fingerprint density at radius 3 is 2.88 bits per heavy atom. The smallest absolute Gasteiger partial charge is 0.261 e. The SMILES string of the molecule is Cc1cc(C)n2ccc(C(=O)Nc3nc4cc(F)ccc4s3)c2n1. The second kappa shape index (κ2) is 5.38. The highest BCUT2D eigenvalue weighted by Crippen LogP contribution is 2.27. The van der Waals surface area contributed by atoms with E-state index in [1.165, 1.54) is 23.5 Å². The number of anilines is 1. The molecule has 120 valence electrons. The van der Waals surface area contributed by atoms with Gasteiger partial charge in [0.1, 0.15) is 11.5 Å². The van der Waals surface area contributed by atoms with Crippen LogP contribution in [-0.2, 0) is 0 Å². The van der Waals surface area contributed by atoms with Gasteiger partial charge in [-0.05, 0) is 38.1 Å². The number of aryl methyl sites for hydroxylation is 2. The minimum Gasteiger partial charge on any atom is -0.305 e. The lowest BCUT2D eigenvalue weighted by molar-refractivity contribution is 0.102. The van der Waals surface area contributed by atoms with Crippen molar-refractivity contribution in [2.24, 2.45) is 0 Å². The summed E-state index contributed by atoms with van der Waals surface area (Å²) in [5.74, 6) is -0.631. The average molecular weight is 340 g/mol. The summed E-state index contributed by atoms with van der Waals surface area (Å²) in [4.78, 5) is 21.3. The quantitative estimate of drug-likeness (QED) is 0.601. The van der Waals surface area contributed by atoms with Crippen molar-refractivity contribution in [3.8, 4) is 0 Å². The molecule has 7 heteroatoms. The van der Waals surface area contributed by atoms with E-state index < -0.39 is 0 Å². The van der Waals surface area contributed by atoms with Gasteiger partial charge < -0.3 is 4.40 Å².